The van der Waals surface area contributed by atoms with Crippen molar-refractivity contribution in [2.75, 3.05) is 18.4 Å². The van der Waals surface area contributed by atoms with Gasteiger partial charge in [-0.3, -0.25) is 4.79 Å². The molecule has 0 saturated carbocycles. The van der Waals surface area contributed by atoms with Crippen LogP contribution in [0.1, 0.15) is 12.8 Å². The van der Waals surface area contributed by atoms with E-state index < -0.39 is 42.8 Å². The van der Waals surface area contributed by atoms with Gasteiger partial charge in [-0.2, -0.15) is 0 Å². The van der Waals surface area contributed by atoms with E-state index in [0.717, 1.165) is 24.9 Å². The standard InChI is InChI=1S/C17H16F4N4O.CHF3O/c18-11-4-2-10(3-5-11)15-14(21)16(23-9-22-15)24-12(8-13(19)20)17(26)25-6-1-7-25;2-1(3,4)5/h2-5,9,12-13H,1,6-8H2,(H,22,23,24);5H/t12-;/m0./s1. The van der Waals surface area contributed by atoms with Crippen LogP contribution in [0.15, 0.2) is 30.6 Å². The smallest absolute Gasteiger partial charge is 0.356 e. The van der Waals surface area contributed by atoms with Crippen LogP contribution >= 0.6 is 0 Å². The first-order valence-corrected chi connectivity index (χ1v) is 8.84. The number of benzene rings is 1. The molecule has 1 aliphatic heterocycles. The van der Waals surface area contributed by atoms with Crippen molar-refractivity contribution >= 4 is 11.7 Å². The molecule has 1 aliphatic rings. The van der Waals surface area contributed by atoms with Crippen molar-refractivity contribution in [1.82, 2.24) is 14.9 Å². The number of amides is 1. The second kappa shape index (κ2) is 10.4. The van der Waals surface area contributed by atoms with Gasteiger partial charge in [-0.25, -0.2) is 27.5 Å². The maximum absolute atomic E-state index is 14.7. The Morgan fingerprint density at radius 3 is 2.19 bits per heavy atom. The van der Waals surface area contributed by atoms with Gasteiger partial charge in [-0.05, 0) is 30.7 Å². The summed E-state index contributed by atoms with van der Waals surface area (Å²) in [6, 6.07) is 3.69. The Morgan fingerprint density at radius 2 is 1.71 bits per heavy atom. The van der Waals surface area contributed by atoms with E-state index in [1.807, 2.05) is 0 Å². The molecule has 1 amide bonds. The third-order valence-corrected chi connectivity index (χ3v) is 4.10. The molecule has 2 heterocycles. The first kappa shape index (κ1) is 24.3. The van der Waals surface area contributed by atoms with Crippen molar-refractivity contribution in [1.29, 1.82) is 0 Å². The Hall–Kier alpha value is -2.96. The average Bonchev–Trinajstić information content (AvgIpc) is 2.60. The van der Waals surface area contributed by atoms with Crippen molar-refractivity contribution in [3.63, 3.8) is 0 Å². The molecule has 2 aromatic rings. The third-order valence-electron chi connectivity index (χ3n) is 4.10. The Balaban J connectivity index is 0.000000614. The second-order valence-corrected chi connectivity index (χ2v) is 6.36. The largest absolute Gasteiger partial charge is 0.519 e. The van der Waals surface area contributed by atoms with Crippen molar-refractivity contribution < 1.29 is 40.6 Å². The number of nitrogens with zero attached hydrogens (tertiary/aromatic N) is 3. The zero-order valence-electron chi connectivity index (χ0n) is 15.7. The molecule has 2 N–H and O–H groups in total. The first-order valence-electron chi connectivity index (χ1n) is 8.84. The zero-order valence-corrected chi connectivity index (χ0v) is 15.7. The van der Waals surface area contributed by atoms with Gasteiger partial charge in [0.05, 0.1) is 0 Å². The van der Waals surface area contributed by atoms with Gasteiger partial charge >= 0.3 is 6.36 Å². The van der Waals surface area contributed by atoms with Gasteiger partial charge in [0.15, 0.2) is 11.6 Å². The van der Waals surface area contributed by atoms with E-state index >= 15 is 0 Å². The van der Waals surface area contributed by atoms with Crippen LogP contribution in [0.25, 0.3) is 11.3 Å². The zero-order chi connectivity index (χ0) is 23.2. The van der Waals surface area contributed by atoms with E-state index in [9.17, 15) is 35.5 Å². The lowest BCUT2D eigenvalue weighted by molar-refractivity contribution is -0.295. The van der Waals surface area contributed by atoms with Crippen molar-refractivity contribution in [3.05, 3.63) is 42.2 Å². The second-order valence-electron chi connectivity index (χ2n) is 6.36. The summed E-state index contributed by atoms with van der Waals surface area (Å²) in [4.78, 5) is 21.3. The van der Waals surface area contributed by atoms with Gasteiger partial charge in [0.2, 0.25) is 12.3 Å². The molecule has 1 fully saturated rings. The van der Waals surface area contributed by atoms with Gasteiger partial charge in [-0.1, -0.05) is 0 Å². The normalized spacial score (nSPS) is 14.4. The van der Waals surface area contributed by atoms with E-state index in [1.54, 1.807) is 0 Å². The van der Waals surface area contributed by atoms with Crippen molar-refractivity contribution in [3.8, 4) is 11.3 Å². The minimum absolute atomic E-state index is 0.116. The molecule has 170 valence electrons. The summed E-state index contributed by atoms with van der Waals surface area (Å²) in [7, 11) is 0. The number of rotatable bonds is 6. The molecule has 0 bridgehead atoms. The topological polar surface area (TPSA) is 78.4 Å². The summed E-state index contributed by atoms with van der Waals surface area (Å²) in [5.41, 5.74) is 0.184. The summed E-state index contributed by atoms with van der Waals surface area (Å²) in [6.45, 7) is 0.987. The molecule has 13 heteroatoms. The number of hydrogen-bond acceptors (Lipinski definition) is 5. The third kappa shape index (κ3) is 7.66. The predicted molar refractivity (Wildman–Crippen MR) is 94.9 cm³/mol. The van der Waals surface area contributed by atoms with E-state index in [0.29, 0.717) is 18.7 Å². The van der Waals surface area contributed by atoms with Crippen molar-refractivity contribution in [2.45, 2.75) is 31.7 Å². The van der Waals surface area contributed by atoms with Crippen LogP contribution in [-0.4, -0.2) is 57.8 Å². The van der Waals surface area contributed by atoms with Gasteiger partial charge in [-0.15, -0.1) is 13.2 Å². The van der Waals surface area contributed by atoms with Gasteiger partial charge in [0.25, 0.3) is 0 Å². The summed E-state index contributed by atoms with van der Waals surface area (Å²) in [6.07, 6.45) is -6.63. The summed E-state index contributed by atoms with van der Waals surface area (Å²) < 4.78 is 83.2. The summed E-state index contributed by atoms with van der Waals surface area (Å²) >= 11 is 0. The number of carbonyl (C=O) groups excluding carboxylic acids is 1. The van der Waals surface area contributed by atoms with Crippen LogP contribution in [0.3, 0.4) is 0 Å². The number of hydrogen-bond donors (Lipinski definition) is 2. The summed E-state index contributed by atoms with van der Waals surface area (Å²) in [5.74, 6) is -2.25. The van der Waals surface area contributed by atoms with E-state index in [-0.39, 0.29) is 11.5 Å². The lowest BCUT2D eigenvalue weighted by Crippen LogP contribution is -2.50. The highest BCUT2D eigenvalue weighted by atomic mass is 19.4. The maximum Gasteiger partial charge on any atom is 0.519 e. The van der Waals surface area contributed by atoms with Gasteiger partial charge in [0.1, 0.15) is 23.9 Å². The fourth-order valence-corrected chi connectivity index (χ4v) is 2.60. The molecule has 0 spiro atoms. The predicted octanol–water partition coefficient (Wildman–Crippen LogP) is 3.59. The van der Waals surface area contributed by atoms with Gasteiger partial charge in [0, 0.05) is 25.1 Å². The molecule has 31 heavy (non-hydrogen) atoms. The fourth-order valence-electron chi connectivity index (χ4n) is 2.60. The highest BCUT2D eigenvalue weighted by Gasteiger charge is 2.31. The van der Waals surface area contributed by atoms with Crippen LogP contribution in [0.5, 0.6) is 0 Å². The lowest BCUT2D eigenvalue weighted by Gasteiger charge is -2.34. The molecule has 1 aromatic heterocycles. The monoisotopic (exact) mass is 454 g/mol. The minimum atomic E-state index is -5.00. The number of alkyl halides is 5. The van der Waals surface area contributed by atoms with Crippen LogP contribution < -0.4 is 5.32 Å². The first-order chi connectivity index (χ1) is 14.5. The number of aromatic nitrogens is 2. The molecule has 0 unspecified atom stereocenters. The van der Waals surface area contributed by atoms with Crippen LogP contribution in [0.2, 0.25) is 0 Å². The van der Waals surface area contributed by atoms with E-state index in [4.69, 9.17) is 5.11 Å². The molecular weight excluding hydrogens is 437 g/mol. The Labute approximate surface area is 171 Å². The molecule has 1 atom stereocenters. The SMILES string of the molecule is O=C([C@H](CC(F)F)Nc1ncnc(-c2ccc(F)cc2)c1F)N1CCC1.OC(F)(F)F. The maximum atomic E-state index is 14.7. The van der Waals surface area contributed by atoms with Crippen LogP contribution in [0.4, 0.5) is 36.6 Å². The number of anilines is 1. The highest BCUT2D eigenvalue weighted by molar-refractivity contribution is 5.85. The molecule has 1 aromatic carbocycles. The average molecular weight is 454 g/mol. The van der Waals surface area contributed by atoms with Gasteiger partial charge < -0.3 is 15.3 Å². The highest BCUT2D eigenvalue weighted by Crippen LogP contribution is 2.25. The Morgan fingerprint density at radius 1 is 1.13 bits per heavy atom. The van der Waals surface area contributed by atoms with E-state index in [2.05, 4.69) is 15.3 Å². The number of aliphatic hydroxyl groups is 1. The summed E-state index contributed by atoms with van der Waals surface area (Å²) in [5, 5.41) is 9.00. The Kier molecular flexibility index (Phi) is 8.14. The molecule has 1 saturated heterocycles. The van der Waals surface area contributed by atoms with Crippen LogP contribution in [0, 0.1) is 11.6 Å². The fraction of sp³-hybridized carbons (Fsp3) is 0.389. The number of halogens is 7. The van der Waals surface area contributed by atoms with E-state index in [1.165, 1.54) is 17.0 Å². The number of nitrogens with one attached hydrogen (secondary N) is 1. The molecular formula is C18H17F7N4O2. The molecule has 0 aliphatic carbocycles. The number of likely N-dealkylation sites (tertiary alicyclic amines) is 1. The number of carbonyl (C=O) groups is 1. The minimum Gasteiger partial charge on any atom is -0.356 e. The van der Waals surface area contributed by atoms with Crippen molar-refractivity contribution in [2.24, 2.45) is 0 Å². The molecule has 0 radical (unpaired) electrons. The lowest BCUT2D eigenvalue weighted by atomic mass is 10.1. The van der Waals surface area contributed by atoms with Crippen LogP contribution in [-0.2, 0) is 4.79 Å². The molecule has 3 rings (SSSR count). The molecule has 6 nitrogen and oxygen atoms in total. The quantitative estimate of drug-likeness (QED) is 0.653. The Bertz CT molecular complexity index is 868.